The second-order valence-electron chi connectivity index (χ2n) is 16.4. The Morgan fingerprint density at radius 2 is 1.51 bits per heavy atom. The number of allylic oxidation sites excluding steroid dienone is 2. The van der Waals surface area contributed by atoms with Gasteiger partial charge in [-0.2, -0.15) is 5.01 Å². The molecule has 6 unspecified atom stereocenters. The molecule has 4 amide bonds. The number of likely N-dealkylation sites (tertiary alicyclic amines) is 2. The summed E-state index contributed by atoms with van der Waals surface area (Å²) in [5, 5.41) is 12.4. The molecule has 0 aromatic heterocycles. The van der Waals surface area contributed by atoms with Gasteiger partial charge in [0.05, 0.1) is 28.9 Å². The van der Waals surface area contributed by atoms with Gasteiger partial charge in [-0.1, -0.05) is 77.8 Å². The summed E-state index contributed by atoms with van der Waals surface area (Å²) in [6.45, 7) is 5.94. The maximum Gasteiger partial charge on any atom is 0.260 e. The van der Waals surface area contributed by atoms with Crippen LogP contribution < -0.4 is 5.43 Å². The van der Waals surface area contributed by atoms with E-state index in [1.165, 1.54) is 29.8 Å². The number of halogens is 2. The summed E-state index contributed by atoms with van der Waals surface area (Å²) in [4.78, 5) is 63.4. The molecule has 3 saturated heterocycles. The summed E-state index contributed by atoms with van der Waals surface area (Å²) < 4.78 is 14.0. The van der Waals surface area contributed by atoms with Gasteiger partial charge in [-0.05, 0) is 110 Å². The molecule has 4 fully saturated rings. The van der Waals surface area contributed by atoms with Crippen molar-refractivity contribution in [3.05, 3.63) is 141 Å². The molecule has 0 radical (unpaired) electrons. The van der Waals surface area contributed by atoms with Crippen molar-refractivity contribution in [3.63, 3.8) is 0 Å². The van der Waals surface area contributed by atoms with E-state index >= 15 is 4.79 Å². The molecule has 5 aliphatic rings. The predicted octanol–water partition coefficient (Wildman–Crippen LogP) is 7.45. The Kier molecular flexibility index (Phi) is 9.32. The maximum atomic E-state index is 15.4. The van der Waals surface area contributed by atoms with Crippen molar-refractivity contribution in [2.45, 2.75) is 63.5 Å². The summed E-state index contributed by atoms with van der Waals surface area (Å²) in [7, 11) is 0. The highest BCUT2D eigenvalue weighted by Gasteiger charge is 2.70. The number of benzene rings is 4. The molecule has 3 heterocycles. The molecule has 57 heavy (non-hydrogen) atoms. The fourth-order valence-corrected chi connectivity index (χ4v) is 10.9. The minimum atomic E-state index is -1.49. The fourth-order valence-electron chi connectivity index (χ4n) is 10.7. The molecule has 0 bridgehead atoms. The SMILES string of the molecule is Cc1cc(C2C3=CCC4C(=O)N(C5CCN(Cc6ccccc6)CC5)C(=O)C4C3CC3C(=O)N(Nc4ccc(F)cc4)C(=O)C32c2ccc(Cl)cc2)cc(C)c1O. The van der Waals surface area contributed by atoms with Gasteiger partial charge in [-0.15, -0.1) is 0 Å². The third-order valence-electron chi connectivity index (χ3n) is 13.3. The van der Waals surface area contributed by atoms with Gasteiger partial charge in [0.15, 0.2) is 0 Å². The number of hydrazine groups is 1. The number of amides is 4. The average molecular weight is 787 g/mol. The van der Waals surface area contributed by atoms with Gasteiger partial charge in [0.1, 0.15) is 11.6 Å². The molecule has 0 spiro atoms. The highest BCUT2D eigenvalue weighted by atomic mass is 35.5. The number of imide groups is 2. The van der Waals surface area contributed by atoms with Gasteiger partial charge < -0.3 is 5.11 Å². The molecule has 6 atom stereocenters. The van der Waals surface area contributed by atoms with Crippen LogP contribution >= 0.6 is 11.6 Å². The molecule has 3 aliphatic heterocycles. The van der Waals surface area contributed by atoms with Crippen LogP contribution in [0.3, 0.4) is 0 Å². The first-order valence-corrected chi connectivity index (χ1v) is 20.1. The van der Waals surface area contributed by atoms with E-state index in [1.807, 2.05) is 36.4 Å². The fraction of sp³-hybridized carbons (Fsp3) is 0.348. The van der Waals surface area contributed by atoms with Crippen molar-refractivity contribution in [3.8, 4) is 5.75 Å². The smallest absolute Gasteiger partial charge is 0.260 e. The summed E-state index contributed by atoms with van der Waals surface area (Å²) in [6, 6.07) is 26.2. The quantitative estimate of drug-likeness (QED) is 0.148. The minimum Gasteiger partial charge on any atom is -0.507 e. The number of rotatable bonds is 7. The minimum absolute atomic E-state index is 0.136. The van der Waals surface area contributed by atoms with Crippen molar-refractivity contribution in [2.24, 2.45) is 23.7 Å². The van der Waals surface area contributed by atoms with E-state index in [1.54, 1.807) is 43.0 Å². The molecule has 2 N–H and O–H groups in total. The molecule has 11 heteroatoms. The van der Waals surface area contributed by atoms with Crippen LogP contribution in [0.5, 0.6) is 5.75 Å². The number of anilines is 1. The Hall–Kier alpha value is -5.32. The van der Waals surface area contributed by atoms with Crippen LogP contribution in [-0.4, -0.2) is 62.7 Å². The zero-order valence-corrected chi connectivity index (χ0v) is 32.6. The number of aryl methyl sites for hydroxylation is 2. The third kappa shape index (κ3) is 5.98. The van der Waals surface area contributed by atoms with Crippen LogP contribution in [0.2, 0.25) is 5.02 Å². The van der Waals surface area contributed by atoms with Gasteiger partial charge in [0.25, 0.3) is 11.8 Å². The van der Waals surface area contributed by atoms with Crippen LogP contribution in [0.15, 0.2) is 103 Å². The first-order valence-electron chi connectivity index (χ1n) is 19.8. The predicted molar refractivity (Wildman–Crippen MR) is 213 cm³/mol. The van der Waals surface area contributed by atoms with Crippen LogP contribution in [0.4, 0.5) is 10.1 Å². The van der Waals surface area contributed by atoms with E-state index in [-0.39, 0.29) is 30.0 Å². The Morgan fingerprint density at radius 1 is 0.842 bits per heavy atom. The Labute approximate surface area is 336 Å². The summed E-state index contributed by atoms with van der Waals surface area (Å²) >= 11 is 6.42. The van der Waals surface area contributed by atoms with Crippen molar-refractivity contribution >= 4 is 40.9 Å². The lowest BCUT2D eigenvalue weighted by Gasteiger charge is -2.50. The number of aromatic hydroxyl groups is 1. The van der Waals surface area contributed by atoms with Crippen molar-refractivity contribution < 1.29 is 28.7 Å². The Balaban J connectivity index is 1.12. The van der Waals surface area contributed by atoms with Gasteiger partial charge in [-0.3, -0.25) is 34.4 Å². The lowest BCUT2D eigenvalue weighted by molar-refractivity contribution is -0.144. The molecular weight excluding hydrogens is 743 g/mol. The van der Waals surface area contributed by atoms with E-state index in [4.69, 9.17) is 11.6 Å². The van der Waals surface area contributed by atoms with Gasteiger partial charge in [0.2, 0.25) is 11.8 Å². The normalized spacial score (nSPS) is 27.6. The van der Waals surface area contributed by atoms with Gasteiger partial charge in [-0.25, -0.2) is 4.39 Å². The average Bonchev–Trinajstić information content (AvgIpc) is 3.59. The number of carbonyl (C=O) groups excluding carboxylic acids is 4. The molecule has 2 aliphatic carbocycles. The van der Waals surface area contributed by atoms with Crippen LogP contribution in [-0.2, 0) is 31.1 Å². The van der Waals surface area contributed by atoms with E-state index in [0.29, 0.717) is 46.7 Å². The first kappa shape index (κ1) is 37.3. The lowest BCUT2D eigenvalue weighted by atomic mass is 9.49. The second kappa shape index (κ2) is 14.3. The van der Waals surface area contributed by atoms with Gasteiger partial charge in [0, 0.05) is 36.6 Å². The number of nitrogens with zero attached hydrogens (tertiary/aromatic N) is 3. The second-order valence-corrected chi connectivity index (χ2v) is 16.9. The number of nitrogens with one attached hydrogen (secondary N) is 1. The molecule has 4 aromatic carbocycles. The number of carbonyl (C=O) groups is 4. The number of fused-ring (bicyclic) bond motifs is 4. The number of hydrogen-bond donors (Lipinski definition) is 2. The van der Waals surface area contributed by atoms with Gasteiger partial charge >= 0.3 is 0 Å². The topological polar surface area (TPSA) is 110 Å². The number of phenols is 1. The Bertz CT molecular complexity index is 2290. The zero-order chi connectivity index (χ0) is 39.7. The highest BCUT2D eigenvalue weighted by Crippen LogP contribution is 2.64. The maximum absolute atomic E-state index is 15.4. The first-order chi connectivity index (χ1) is 27.5. The van der Waals surface area contributed by atoms with Crippen molar-refractivity contribution in [1.29, 1.82) is 0 Å². The molecule has 1 saturated carbocycles. The highest BCUT2D eigenvalue weighted by molar-refractivity contribution is 6.30. The lowest BCUT2D eigenvalue weighted by Crippen LogP contribution is -2.53. The van der Waals surface area contributed by atoms with Crippen molar-refractivity contribution in [1.82, 2.24) is 14.8 Å². The number of hydrogen-bond acceptors (Lipinski definition) is 7. The molecule has 9 rings (SSSR count). The molecule has 9 nitrogen and oxygen atoms in total. The third-order valence-corrected chi connectivity index (χ3v) is 13.6. The standard InChI is InChI=1S/C46H44ClFN4O5/c1-26-22-29(23-27(2)41(26)53)40-35-16-17-36-39(44(56)51(42(36)54)34-18-20-50(21-19-34)25-28-6-4-3-5-7-28)37(35)24-38-43(55)52(49-33-14-12-32(48)13-15-33)45(57)46(38,40)30-8-10-31(47)11-9-30/h3-16,22-23,34,36-40,49,53H,17-21,24-25H2,1-2H3. The van der Waals surface area contributed by atoms with E-state index in [0.717, 1.165) is 35.8 Å². The van der Waals surface area contributed by atoms with Crippen LogP contribution in [0, 0.1) is 43.3 Å². The summed E-state index contributed by atoms with van der Waals surface area (Å²) in [5.41, 5.74) is 6.46. The summed E-state index contributed by atoms with van der Waals surface area (Å²) in [5.74, 6) is -5.09. The summed E-state index contributed by atoms with van der Waals surface area (Å²) in [6.07, 6.45) is 3.91. The molecule has 292 valence electrons. The van der Waals surface area contributed by atoms with Crippen molar-refractivity contribution in [2.75, 3.05) is 18.5 Å². The Morgan fingerprint density at radius 3 is 2.18 bits per heavy atom. The zero-order valence-electron chi connectivity index (χ0n) is 31.8. The molecule has 4 aromatic rings. The monoisotopic (exact) mass is 786 g/mol. The van der Waals surface area contributed by atoms with E-state index < -0.39 is 52.6 Å². The van der Waals surface area contributed by atoms with Crippen LogP contribution in [0.1, 0.15) is 59.4 Å². The van der Waals surface area contributed by atoms with Crippen LogP contribution in [0.25, 0.3) is 0 Å². The number of piperidine rings is 1. The van der Waals surface area contributed by atoms with E-state index in [9.17, 15) is 23.9 Å². The number of phenolic OH excluding ortho intramolecular Hbond substituents is 1. The molecular formula is C46H44ClFN4O5. The van der Waals surface area contributed by atoms with E-state index in [2.05, 4.69) is 22.5 Å². The largest absolute Gasteiger partial charge is 0.507 e.